The van der Waals surface area contributed by atoms with Crippen LogP contribution in [0.15, 0.2) is 48.5 Å². The fraction of sp³-hybridized carbons (Fsp3) is 0.333. The Kier molecular flexibility index (Phi) is 4.45. The quantitative estimate of drug-likeness (QED) is 0.921. The Bertz CT molecular complexity index is 851. The monoisotopic (exact) mass is 352 g/mol. The maximum Gasteiger partial charge on any atom is 0.227 e. The number of carbonyl (C=O) groups excluding carboxylic acids is 2. The maximum atomic E-state index is 14.0. The summed E-state index contributed by atoms with van der Waals surface area (Å²) >= 11 is 0. The predicted molar refractivity (Wildman–Crippen MR) is 97.1 cm³/mol. The average molecular weight is 352 g/mol. The summed E-state index contributed by atoms with van der Waals surface area (Å²) in [7, 11) is 0. The number of benzene rings is 2. The normalized spacial score (nSPS) is 22.2. The lowest BCUT2D eigenvalue weighted by molar-refractivity contribution is -0.127. The molecule has 134 valence electrons. The number of aryl methyl sites for hydroxylation is 1. The lowest BCUT2D eigenvalue weighted by atomic mass is 9.87. The lowest BCUT2D eigenvalue weighted by Gasteiger charge is -2.27. The fourth-order valence-electron chi connectivity index (χ4n) is 3.98. The van der Waals surface area contributed by atoms with Gasteiger partial charge in [0.25, 0.3) is 0 Å². The van der Waals surface area contributed by atoms with Crippen LogP contribution in [-0.4, -0.2) is 18.4 Å². The molecule has 4 rings (SSSR count). The highest BCUT2D eigenvalue weighted by Gasteiger charge is 2.37. The summed E-state index contributed by atoms with van der Waals surface area (Å²) in [5, 5.41) is 3.11. The van der Waals surface area contributed by atoms with Crippen molar-refractivity contribution < 1.29 is 14.0 Å². The van der Waals surface area contributed by atoms with Gasteiger partial charge in [0.1, 0.15) is 5.82 Å². The Morgan fingerprint density at radius 3 is 2.73 bits per heavy atom. The first-order valence-electron chi connectivity index (χ1n) is 9.06. The minimum absolute atomic E-state index is 0.00920. The Balaban J connectivity index is 1.47. The van der Waals surface area contributed by atoms with Gasteiger partial charge in [0.2, 0.25) is 11.8 Å². The highest BCUT2D eigenvalue weighted by molar-refractivity contribution is 6.00. The van der Waals surface area contributed by atoms with Gasteiger partial charge in [-0.25, -0.2) is 4.39 Å². The van der Waals surface area contributed by atoms with E-state index in [9.17, 15) is 14.0 Å². The molecule has 1 saturated heterocycles. The molecular formula is C21H21FN2O2. The molecule has 2 aromatic carbocycles. The number of fused-ring (bicyclic) bond motifs is 1. The number of halogens is 1. The van der Waals surface area contributed by atoms with Crippen LogP contribution < -0.4 is 10.2 Å². The van der Waals surface area contributed by atoms with Crippen molar-refractivity contribution in [3.8, 4) is 0 Å². The summed E-state index contributed by atoms with van der Waals surface area (Å²) in [6.07, 6.45) is 3.09. The van der Waals surface area contributed by atoms with E-state index in [0.29, 0.717) is 0 Å². The number of hydrogen-bond acceptors (Lipinski definition) is 2. The number of nitrogens with one attached hydrogen (secondary N) is 1. The highest BCUT2D eigenvalue weighted by Crippen LogP contribution is 2.31. The van der Waals surface area contributed by atoms with Crippen molar-refractivity contribution in [3.63, 3.8) is 0 Å². The zero-order valence-corrected chi connectivity index (χ0v) is 14.5. The van der Waals surface area contributed by atoms with Gasteiger partial charge in [-0.05, 0) is 42.5 Å². The van der Waals surface area contributed by atoms with Crippen LogP contribution in [0.5, 0.6) is 0 Å². The molecule has 0 saturated carbocycles. The summed E-state index contributed by atoms with van der Waals surface area (Å²) in [4.78, 5) is 26.4. The summed E-state index contributed by atoms with van der Waals surface area (Å²) in [5.74, 6) is -1.22. The van der Waals surface area contributed by atoms with Crippen LogP contribution in [0.25, 0.3) is 0 Å². The molecule has 1 heterocycles. The molecule has 0 radical (unpaired) electrons. The van der Waals surface area contributed by atoms with Crippen LogP contribution in [0.3, 0.4) is 0 Å². The highest BCUT2D eigenvalue weighted by atomic mass is 19.1. The summed E-state index contributed by atoms with van der Waals surface area (Å²) < 4.78 is 14.0. The van der Waals surface area contributed by atoms with E-state index in [2.05, 4.69) is 17.4 Å². The van der Waals surface area contributed by atoms with Crippen LogP contribution in [0.2, 0.25) is 0 Å². The first-order chi connectivity index (χ1) is 12.6. The molecule has 1 N–H and O–H groups in total. The molecule has 0 spiro atoms. The van der Waals surface area contributed by atoms with Crippen molar-refractivity contribution in [1.82, 2.24) is 5.32 Å². The van der Waals surface area contributed by atoms with Gasteiger partial charge in [-0.2, -0.15) is 0 Å². The van der Waals surface area contributed by atoms with Gasteiger partial charge < -0.3 is 10.2 Å². The first kappa shape index (κ1) is 16.8. The molecule has 2 amide bonds. The molecule has 4 nitrogen and oxygen atoms in total. The molecule has 1 aliphatic carbocycles. The van der Waals surface area contributed by atoms with E-state index in [4.69, 9.17) is 0 Å². The number of anilines is 1. The Morgan fingerprint density at radius 1 is 1.12 bits per heavy atom. The van der Waals surface area contributed by atoms with Crippen LogP contribution in [0, 0.1) is 11.7 Å². The van der Waals surface area contributed by atoms with Crippen LogP contribution in [-0.2, 0) is 16.0 Å². The zero-order valence-electron chi connectivity index (χ0n) is 14.5. The van der Waals surface area contributed by atoms with E-state index in [-0.39, 0.29) is 36.5 Å². The number of hydrogen-bond donors (Lipinski definition) is 1. The molecule has 2 aromatic rings. The van der Waals surface area contributed by atoms with E-state index >= 15 is 0 Å². The molecule has 1 fully saturated rings. The largest absolute Gasteiger partial charge is 0.349 e. The summed E-state index contributed by atoms with van der Waals surface area (Å²) in [6.45, 7) is 0.222. The van der Waals surface area contributed by atoms with Gasteiger partial charge in [0, 0.05) is 13.0 Å². The van der Waals surface area contributed by atoms with Crippen LogP contribution in [0.1, 0.15) is 36.4 Å². The maximum absolute atomic E-state index is 14.0. The standard InChI is InChI=1S/C21H21FN2O2/c22-17-9-3-4-11-19(17)24-13-15(12-20(24)25)21(26)23-18-10-5-7-14-6-1-2-8-16(14)18/h1-4,6,8-9,11,15,18H,5,7,10,12-13H2,(H,23,26)/t15-,18+/m0/s1. The summed E-state index contributed by atoms with van der Waals surface area (Å²) in [6, 6.07) is 14.3. The van der Waals surface area contributed by atoms with E-state index < -0.39 is 11.7 Å². The molecule has 5 heteroatoms. The topological polar surface area (TPSA) is 49.4 Å². The van der Waals surface area contributed by atoms with E-state index in [1.807, 2.05) is 12.1 Å². The van der Waals surface area contributed by atoms with Crippen molar-refractivity contribution >= 4 is 17.5 Å². The van der Waals surface area contributed by atoms with Crippen molar-refractivity contribution in [1.29, 1.82) is 0 Å². The zero-order chi connectivity index (χ0) is 18.1. The molecule has 0 aromatic heterocycles. The SMILES string of the molecule is O=C(N[C@@H]1CCCc2ccccc21)[C@H]1CC(=O)N(c2ccccc2F)C1. The molecule has 2 aliphatic rings. The first-order valence-corrected chi connectivity index (χ1v) is 9.06. The Hall–Kier alpha value is -2.69. The van der Waals surface area contributed by atoms with Gasteiger partial charge in [-0.3, -0.25) is 9.59 Å². The number of rotatable bonds is 3. The molecule has 0 unspecified atom stereocenters. The van der Waals surface area contributed by atoms with Crippen molar-refractivity contribution in [2.45, 2.75) is 31.7 Å². The lowest BCUT2D eigenvalue weighted by Crippen LogP contribution is -2.37. The van der Waals surface area contributed by atoms with Gasteiger partial charge in [-0.1, -0.05) is 36.4 Å². The third kappa shape index (κ3) is 3.09. The third-order valence-electron chi connectivity index (χ3n) is 5.32. The molecule has 26 heavy (non-hydrogen) atoms. The van der Waals surface area contributed by atoms with Crippen molar-refractivity contribution in [3.05, 3.63) is 65.5 Å². The van der Waals surface area contributed by atoms with Crippen molar-refractivity contribution in [2.24, 2.45) is 5.92 Å². The van der Waals surface area contributed by atoms with E-state index in [1.165, 1.54) is 22.1 Å². The Morgan fingerprint density at radius 2 is 1.88 bits per heavy atom. The summed E-state index contributed by atoms with van der Waals surface area (Å²) in [5.41, 5.74) is 2.69. The van der Waals surface area contributed by atoms with Crippen molar-refractivity contribution in [2.75, 3.05) is 11.4 Å². The smallest absolute Gasteiger partial charge is 0.227 e. The van der Waals surface area contributed by atoms with E-state index in [0.717, 1.165) is 19.3 Å². The molecule has 2 atom stereocenters. The minimum atomic E-state index is -0.448. The van der Waals surface area contributed by atoms with Gasteiger partial charge >= 0.3 is 0 Å². The number of amides is 2. The second-order valence-electron chi connectivity index (χ2n) is 7.01. The second-order valence-corrected chi connectivity index (χ2v) is 7.01. The second kappa shape index (κ2) is 6.90. The van der Waals surface area contributed by atoms with Crippen LogP contribution in [0.4, 0.5) is 10.1 Å². The molecule has 0 bridgehead atoms. The average Bonchev–Trinajstić information content (AvgIpc) is 3.04. The van der Waals surface area contributed by atoms with Gasteiger partial charge in [0.05, 0.1) is 17.6 Å². The number of nitrogens with zero attached hydrogens (tertiary/aromatic N) is 1. The van der Waals surface area contributed by atoms with Crippen LogP contribution >= 0.6 is 0 Å². The minimum Gasteiger partial charge on any atom is -0.349 e. The number of carbonyl (C=O) groups is 2. The van der Waals surface area contributed by atoms with Gasteiger partial charge in [-0.15, -0.1) is 0 Å². The molecule has 1 aliphatic heterocycles. The third-order valence-corrected chi connectivity index (χ3v) is 5.32. The number of para-hydroxylation sites is 1. The van der Waals surface area contributed by atoms with E-state index in [1.54, 1.807) is 18.2 Å². The fourth-order valence-corrected chi connectivity index (χ4v) is 3.98. The van der Waals surface area contributed by atoms with Gasteiger partial charge in [0.15, 0.2) is 0 Å². The molecular weight excluding hydrogens is 331 g/mol. The Labute approximate surface area is 152 Å². The predicted octanol–water partition coefficient (Wildman–Crippen LogP) is 3.37.